The van der Waals surface area contributed by atoms with E-state index in [1.807, 2.05) is 54.6 Å². The third kappa shape index (κ3) is 4.74. The van der Waals surface area contributed by atoms with E-state index in [4.69, 9.17) is 4.74 Å². The summed E-state index contributed by atoms with van der Waals surface area (Å²) in [5.74, 6) is 0.813. The number of halogens is 1. The summed E-state index contributed by atoms with van der Waals surface area (Å²) in [6, 6.07) is 50.3. The van der Waals surface area contributed by atoms with Crippen molar-refractivity contribution >= 4 is 36.7 Å². The van der Waals surface area contributed by atoms with Crippen LogP contribution in [0.25, 0.3) is 22.3 Å². The van der Waals surface area contributed by atoms with Crippen LogP contribution in [0.1, 0.15) is 6.42 Å². The van der Waals surface area contributed by atoms with Gasteiger partial charge in [-0.15, -0.1) is 0 Å². The van der Waals surface area contributed by atoms with Crippen molar-refractivity contribution in [2.45, 2.75) is 6.42 Å². The van der Waals surface area contributed by atoms with Crippen LogP contribution < -0.4 is 26.1 Å². The maximum absolute atomic E-state index is 12.5. The fourth-order valence-electron chi connectivity index (χ4n) is 5.65. The molecular weight excluding hydrogens is 575 g/mol. The Morgan fingerprint density at radius 1 is 0.525 bits per heavy atom. The summed E-state index contributed by atoms with van der Waals surface area (Å²) in [6.07, 6.45) is 1.79. The van der Waals surface area contributed by atoms with Crippen LogP contribution in [0.5, 0.6) is 5.75 Å². The zero-order chi connectivity index (χ0) is 27.4. The monoisotopic (exact) mass is 604 g/mol. The molecule has 6 rings (SSSR count). The van der Waals surface area contributed by atoms with Gasteiger partial charge in [0.15, 0.2) is 0 Å². The molecule has 0 radical (unpaired) electrons. The van der Waals surface area contributed by atoms with Crippen molar-refractivity contribution in [3.8, 4) is 28.0 Å². The van der Waals surface area contributed by atoms with Crippen molar-refractivity contribution in [2.75, 3.05) is 12.8 Å². The molecule has 0 amide bonds. The SMILES string of the molecule is O=c1c(-c2ccccc2)c1-c1ccc(OCCCP(Br)(c2ccccc2)(c2ccccc2)c2ccccc2)cc1. The minimum atomic E-state index is -2.95. The van der Waals surface area contributed by atoms with Gasteiger partial charge in [0.2, 0.25) is 0 Å². The second-order valence-corrected chi connectivity index (χ2v) is 19.1. The molecule has 2 nitrogen and oxygen atoms in total. The summed E-state index contributed by atoms with van der Waals surface area (Å²) in [5.41, 5.74) is 3.68. The van der Waals surface area contributed by atoms with Crippen molar-refractivity contribution in [1.82, 2.24) is 0 Å². The van der Waals surface area contributed by atoms with Crippen molar-refractivity contribution in [3.63, 3.8) is 0 Å². The van der Waals surface area contributed by atoms with Crippen LogP contribution in [0.3, 0.4) is 0 Å². The van der Waals surface area contributed by atoms with Gasteiger partial charge in [0.1, 0.15) is 0 Å². The van der Waals surface area contributed by atoms with Crippen LogP contribution in [0.4, 0.5) is 0 Å². The standard InChI is InChI=1S/C36H30BrO2P/c37-40(31-16-7-2-8-17-31,32-18-9-3-10-19-32,33-20-11-4-12-21-33)27-13-26-39-30-24-22-29(23-25-30)35-34(36(35)38)28-14-5-1-6-15-28/h1-12,14-25H,13,26-27H2. The molecule has 6 aromatic carbocycles. The van der Waals surface area contributed by atoms with Crippen LogP contribution in [0.2, 0.25) is 0 Å². The Hall–Kier alpha value is -3.78. The number of ether oxygens (including phenoxy) is 1. The normalized spacial score (nSPS) is 12.6. The summed E-state index contributed by atoms with van der Waals surface area (Å²) in [6.45, 7) is 0.590. The quantitative estimate of drug-likeness (QED) is 0.117. The molecule has 0 unspecified atom stereocenters. The average Bonchev–Trinajstić information content (AvgIpc) is 3.71. The third-order valence-electron chi connectivity index (χ3n) is 7.72. The zero-order valence-corrected chi connectivity index (χ0v) is 24.6. The summed E-state index contributed by atoms with van der Waals surface area (Å²) < 4.78 is 6.25. The van der Waals surface area contributed by atoms with Crippen molar-refractivity contribution in [2.24, 2.45) is 0 Å². The van der Waals surface area contributed by atoms with E-state index in [0.717, 1.165) is 40.6 Å². The Bertz CT molecular complexity index is 1610. The van der Waals surface area contributed by atoms with Gasteiger partial charge in [-0.05, 0) is 0 Å². The topological polar surface area (TPSA) is 26.3 Å². The third-order valence-corrected chi connectivity index (χ3v) is 17.8. The van der Waals surface area contributed by atoms with Crippen molar-refractivity contribution < 1.29 is 4.74 Å². The van der Waals surface area contributed by atoms with E-state index < -0.39 is 5.31 Å². The van der Waals surface area contributed by atoms with Gasteiger partial charge in [0.25, 0.3) is 0 Å². The molecule has 0 bridgehead atoms. The molecule has 6 aromatic rings. The van der Waals surface area contributed by atoms with Gasteiger partial charge in [0.05, 0.1) is 0 Å². The second-order valence-electron chi connectivity index (χ2n) is 10.1. The van der Waals surface area contributed by atoms with Crippen molar-refractivity contribution in [1.29, 1.82) is 0 Å². The van der Waals surface area contributed by atoms with Gasteiger partial charge in [-0.3, -0.25) is 0 Å². The molecule has 0 aliphatic heterocycles. The molecule has 40 heavy (non-hydrogen) atoms. The molecule has 0 fully saturated rings. The summed E-state index contributed by atoms with van der Waals surface area (Å²) >= 11 is 4.50. The molecule has 198 valence electrons. The summed E-state index contributed by atoms with van der Waals surface area (Å²) in [4.78, 5) is 12.5. The van der Waals surface area contributed by atoms with Crippen LogP contribution >= 0.6 is 20.8 Å². The Morgan fingerprint density at radius 3 is 1.38 bits per heavy atom. The van der Waals surface area contributed by atoms with Gasteiger partial charge in [-0.2, -0.15) is 0 Å². The average molecular weight is 606 g/mol. The number of benzene rings is 5. The molecule has 0 heterocycles. The molecule has 4 heteroatoms. The molecule has 0 aliphatic carbocycles. The van der Waals surface area contributed by atoms with E-state index >= 15 is 0 Å². The molecule has 0 saturated carbocycles. The maximum atomic E-state index is 12.5. The Labute approximate surface area is 243 Å². The predicted octanol–water partition coefficient (Wildman–Crippen LogP) is 7.87. The van der Waals surface area contributed by atoms with Gasteiger partial charge in [-0.1, -0.05) is 18.2 Å². The summed E-state index contributed by atoms with van der Waals surface area (Å²) in [5, 5.41) is 0.983. The number of rotatable bonds is 10. The fourth-order valence-corrected chi connectivity index (χ4v) is 13.3. The molecule has 0 aliphatic rings. The molecule has 0 aromatic heterocycles. The Kier molecular flexibility index (Phi) is 7.27. The van der Waals surface area contributed by atoms with Crippen LogP contribution in [-0.2, 0) is 0 Å². The first-order valence-corrected chi connectivity index (χ1v) is 18.0. The van der Waals surface area contributed by atoms with E-state index in [2.05, 4.69) is 106 Å². The van der Waals surface area contributed by atoms with E-state index in [1.54, 1.807) is 0 Å². The van der Waals surface area contributed by atoms with Crippen LogP contribution in [-0.4, -0.2) is 12.8 Å². The Balaban J connectivity index is 1.23. The van der Waals surface area contributed by atoms with E-state index in [-0.39, 0.29) is 5.43 Å². The predicted molar refractivity (Wildman–Crippen MR) is 175 cm³/mol. The second kappa shape index (κ2) is 11.0. The molecule has 0 spiro atoms. The first kappa shape index (κ1) is 26.4. The first-order valence-electron chi connectivity index (χ1n) is 13.6. The molecule has 0 atom stereocenters. The minimum absolute atomic E-state index is 0.131. The molecule has 0 saturated heterocycles. The van der Waals surface area contributed by atoms with Crippen molar-refractivity contribution in [3.05, 3.63) is 156 Å². The van der Waals surface area contributed by atoms with Gasteiger partial charge < -0.3 is 0 Å². The van der Waals surface area contributed by atoms with Gasteiger partial charge >= 0.3 is 226 Å². The number of hydrogen-bond acceptors (Lipinski definition) is 2. The van der Waals surface area contributed by atoms with Crippen LogP contribution in [0.15, 0.2) is 150 Å². The Morgan fingerprint density at radius 2 is 0.925 bits per heavy atom. The van der Waals surface area contributed by atoms with E-state index in [1.165, 1.54) is 15.9 Å². The zero-order valence-electron chi connectivity index (χ0n) is 22.1. The molecule has 0 N–H and O–H groups in total. The fraction of sp³-hybridized carbons (Fsp3) is 0.0833. The summed E-state index contributed by atoms with van der Waals surface area (Å²) in [7, 11) is 0. The number of hydrogen-bond donors (Lipinski definition) is 0. The van der Waals surface area contributed by atoms with E-state index in [9.17, 15) is 4.79 Å². The van der Waals surface area contributed by atoms with Crippen LogP contribution in [0, 0.1) is 0 Å². The first-order chi connectivity index (χ1) is 19.6. The van der Waals surface area contributed by atoms with E-state index in [0.29, 0.717) is 6.61 Å². The molecular formula is C36H30BrO2P. The van der Waals surface area contributed by atoms with Gasteiger partial charge in [-0.25, -0.2) is 0 Å². The van der Waals surface area contributed by atoms with Gasteiger partial charge in [0, 0.05) is 0 Å².